The average Bonchev–Trinajstić information content (AvgIpc) is 2.05. The maximum absolute atomic E-state index is 9.99. The Morgan fingerprint density at radius 3 is 1.83 bits per heavy atom. The summed E-state index contributed by atoms with van der Waals surface area (Å²) in [6, 6.07) is 0.442. The second-order valence-corrected chi connectivity index (χ2v) is 4.62. The molecule has 2 nitrogen and oxygen atoms in total. The Balaban J connectivity index is 2.12. The van der Waals surface area contributed by atoms with E-state index >= 15 is 0 Å². The second kappa shape index (κ2) is 3.00. The van der Waals surface area contributed by atoms with Crippen molar-refractivity contribution in [3.63, 3.8) is 0 Å². The molecule has 3 fully saturated rings. The number of aliphatic hydroxyl groups excluding tert-OH is 1. The monoisotopic (exact) mass is 169 g/mol. The summed E-state index contributed by atoms with van der Waals surface area (Å²) in [4.78, 5) is 2.21. The Bertz CT molecular complexity index is 159. The quantitative estimate of drug-likeness (QED) is 0.635. The molecule has 0 aromatic heterocycles. The average molecular weight is 169 g/mol. The van der Waals surface area contributed by atoms with E-state index in [2.05, 4.69) is 19.0 Å². The summed E-state index contributed by atoms with van der Waals surface area (Å²) >= 11 is 0. The van der Waals surface area contributed by atoms with Crippen LogP contribution in [0.5, 0.6) is 0 Å². The molecule has 0 spiro atoms. The Kier molecular flexibility index (Phi) is 2.13. The van der Waals surface area contributed by atoms with Gasteiger partial charge in [-0.2, -0.15) is 0 Å². The third-order valence-electron chi connectivity index (χ3n) is 3.73. The van der Waals surface area contributed by atoms with Gasteiger partial charge in [-0.3, -0.25) is 0 Å². The van der Waals surface area contributed by atoms with Crippen molar-refractivity contribution in [2.45, 2.75) is 37.8 Å². The lowest BCUT2D eigenvalue weighted by molar-refractivity contribution is -0.0674. The van der Waals surface area contributed by atoms with Crippen LogP contribution in [0.4, 0.5) is 0 Å². The number of rotatable bonds is 1. The molecule has 3 aliphatic carbocycles. The molecule has 2 heteroatoms. The summed E-state index contributed by atoms with van der Waals surface area (Å²) in [5, 5.41) is 9.99. The molecule has 1 N–H and O–H groups in total. The summed E-state index contributed by atoms with van der Waals surface area (Å²) in [5.41, 5.74) is 0. The molecule has 70 valence electrons. The molecule has 0 aromatic rings. The van der Waals surface area contributed by atoms with E-state index in [1.165, 1.54) is 25.7 Å². The molecule has 3 rings (SSSR count). The highest BCUT2D eigenvalue weighted by Gasteiger charge is 2.43. The predicted molar refractivity (Wildman–Crippen MR) is 48.9 cm³/mol. The summed E-state index contributed by atoms with van der Waals surface area (Å²) < 4.78 is 0. The highest BCUT2D eigenvalue weighted by Crippen LogP contribution is 2.42. The number of hydrogen-bond acceptors (Lipinski definition) is 2. The van der Waals surface area contributed by atoms with Crippen molar-refractivity contribution < 1.29 is 5.11 Å². The van der Waals surface area contributed by atoms with E-state index in [1.54, 1.807) is 0 Å². The van der Waals surface area contributed by atoms with Gasteiger partial charge in [-0.05, 0) is 51.6 Å². The van der Waals surface area contributed by atoms with Gasteiger partial charge in [0.15, 0.2) is 0 Å². The van der Waals surface area contributed by atoms with Gasteiger partial charge in [0.1, 0.15) is 0 Å². The number of nitrogens with zero attached hydrogens (tertiary/aromatic N) is 1. The molecule has 0 saturated heterocycles. The fourth-order valence-electron chi connectivity index (χ4n) is 3.11. The van der Waals surface area contributed by atoms with Crippen LogP contribution in [0.3, 0.4) is 0 Å². The van der Waals surface area contributed by atoms with Crippen LogP contribution in [0.1, 0.15) is 25.7 Å². The van der Waals surface area contributed by atoms with Crippen molar-refractivity contribution in [1.29, 1.82) is 0 Å². The molecule has 12 heavy (non-hydrogen) atoms. The largest absolute Gasteiger partial charge is 0.391 e. The molecule has 0 unspecified atom stereocenters. The van der Waals surface area contributed by atoms with Crippen LogP contribution in [-0.2, 0) is 0 Å². The minimum absolute atomic E-state index is 0.0486. The SMILES string of the molecule is CN(C)[C@H]1C2CCC(CC2)[C@H]1O. The van der Waals surface area contributed by atoms with Crippen molar-refractivity contribution in [2.75, 3.05) is 14.1 Å². The normalized spacial score (nSPS) is 47.0. The number of hydrogen-bond donors (Lipinski definition) is 1. The van der Waals surface area contributed by atoms with Gasteiger partial charge in [-0.1, -0.05) is 0 Å². The summed E-state index contributed by atoms with van der Waals surface area (Å²) in [6.07, 6.45) is 5.15. The lowest BCUT2D eigenvalue weighted by Crippen LogP contribution is -2.54. The van der Waals surface area contributed by atoms with Crippen LogP contribution in [0, 0.1) is 11.8 Å². The first-order valence-electron chi connectivity index (χ1n) is 5.04. The standard InChI is InChI=1S/C10H19NO/c1-11(2)9-7-3-5-8(6-4-7)10(9)12/h7-10,12H,3-6H2,1-2H3/t7?,8?,9-,10+/m0/s1. The van der Waals surface area contributed by atoms with E-state index in [-0.39, 0.29) is 6.10 Å². The summed E-state index contributed by atoms with van der Waals surface area (Å²) in [5.74, 6) is 1.36. The molecular formula is C10H19NO. The summed E-state index contributed by atoms with van der Waals surface area (Å²) in [7, 11) is 4.18. The zero-order valence-electron chi connectivity index (χ0n) is 8.03. The van der Waals surface area contributed by atoms with Crippen LogP contribution in [0.25, 0.3) is 0 Å². The number of aliphatic hydroxyl groups is 1. The molecule has 2 atom stereocenters. The van der Waals surface area contributed by atoms with Crippen LogP contribution in [0.15, 0.2) is 0 Å². The first kappa shape index (κ1) is 8.52. The van der Waals surface area contributed by atoms with Gasteiger partial charge < -0.3 is 10.0 Å². The maximum atomic E-state index is 9.99. The molecule has 0 aromatic carbocycles. The van der Waals surface area contributed by atoms with E-state index in [1.807, 2.05) is 0 Å². The Labute approximate surface area is 74.6 Å². The van der Waals surface area contributed by atoms with Crippen LogP contribution < -0.4 is 0 Å². The lowest BCUT2D eigenvalue weighted by atomic mass is 9.66. The first-order chi connectivity index (χ1) is 5.70. The number of fused-ring (bicyclic) bond motifs is 3. The Morgan fingerprint density at radius 1 is 1.00 bits per heavy atom. The van der Waals surface area contributed by atoms with E-state index in [4.69, 9.17) is 0 Å². The molecule has 0 radical (unpaired) electrons. The van der Waals surface area contributed by atoms with Crippen molar-refractivity contribution in [3.05, 3.63) is 0 Å². The minimum Gasteiger partial charge on any atom is -0.391 e. The van der Waals surface area contributed by atoms with Gasteiger partial charge in [0.2, 0.25) is 0 Å². The smallest absolute Gasteiger partial charge is 0.0725 e. The zero-order valence-corrected chi connectivity index (χ0v) is 8.03. The van der Waals surface area contributed by atoms with Gasteiger partial charge in [0.05, 0.1) is 6.10 Å². The van der Waals surface area contributed by atoms with Crippen LogP contribution >= 0.6 is 0 Å². The van der Waals surface area contributed by atoms with Crippen molar-refractivity contribution in [2.24, 2.45) is 11.8 Å². The lowest BCUT2D eigenvalue weighted by Gasteiger charge is -2.48. The van der Waals surface area contributed by atoms with E-state index in [0.29, 0.717) is 12.0 Å². The molecule has 3 saturated carbocycles. The van der Waals surface area contributed by atoms with Gasteiger partial charge >= 0.3 is 0 Å². The third kappa shape index (κ3) is 1.17. The maximum Gasteiger partial charge on any atom is 0.0725 e. The third-order valence-corrected chi connectivity index (χ3v) is 3.73. The highest BCUT2D eigenvalue weighted by atomic mass is 16.3. The fraction of sp³-hybridized carbons (Fsp3) is 1.00. The minimum atomic E-state index is -0.0486. The predicted octanol–water partition coefficient (Wildman–Crippen LogP) is 1.10. The highest BCUT2D eigenvalue weighted by molar-refractivity contribution is 4.96. The van der Waals surface area contributed by atoms with Crippen molar-refractivity contribution >= 4 is 0 Å². The second-order valence-electron chi connectivity index (χ2n) is 4.62. The van der Waals surface area contributed by atoms with Gasteiger partial charge in [0, 0.05) is 6.04 Å². The molecule has 0 heterocycles. The molecule has 3 aliphatic rings. The number of likely N-dealkylation sites (N-methyl/N-ethyl adjacent to an activating group) is 1. The van der Waals surface area contributed by atoms with E-state index in [0.717, 1.165) is 5.92 Å². The molecular weight excluding hydrogens is 150 g/mol. The Hall–Kier alpha value is -0.0800. The molecule has 0 aliphatic heterocycles. The van der Waals surface area contributed by atoms with Crippen LogP contribution in [-0.4, -0.2) is 36.2 Å². The first-order valence-corrected chi connectivity index (χ1v) is 5.04. The molecule has 0 amide bonds. The Morgan fingerprint density at radius 2 is 1.50 bits per heavy atom. The van der Waals surface area contributed by atoms with Gasteiger partial charge in [0.25, 0.3) is 0 Å². The van der Waals surface area contributed by atoms with Crippen molar-refractivity contribution in [3.8, 4) is 0 Å². The van der Waals surface area contributed by atoms with Gasteiger partial charge in [-0.25, -0.2) is 0 Å². The van der Waals surface area contributed by atoms with E-state index < -0.39 is 0 Å². The topological polar surface area (TPSA) is 23.5 Å². The van der Waals surface area contributed by atoms with Crippen LogP contribution in [0.2, 0.25) is 0 Å². The van der Waals surface area contributed by atoms with E-state index in [9.17, 15) is 5.11 Å². The summed E-state index contributed by atoms with van der Waals surface area (Å²) in [6.45, 7) is 0. The van der Waals surface area contributed by atoms with Crippen molar-refractivity contribution in [1.82, 2.24) is 4.90 Å². The van der Waals surface area contributed by atoms with Gasteiger partial charge in [-0.15, -0.1) is 0 Å². The molecule has 2 bridgehead atoms. The fourth-order valence-corrected chi connectivity index (χ4v) is 3.11. The zero-order chi connectivity index (χ0) is 8.72.